The average molecular weight is 258 g/mol. The van der Waals surface area contributed by atoms with E-state index in [0.717, 1.165) is 24.3 Å². The first-order valence-corrected chi connectivity index (χ1v) is 6.65. The molecule has 4 heteroatoms. The Hall–Kier alpha value is -1.97. The molecule has 0 aromatic carbocycles. The molecule has 0 radical (unpaired) electrons. The average Bonchev–Trinajstić information content (AvgIpc) is 2.99. The summed E-state index contributed by atoms with van der Waals surface area (Å²) in [5, 5.41) is 0. The van der Waals surface area contributed by atoms with Crippen LogP contribution in [0, 0.1) is 5.92 Å². The van der Waals surface area contributed by atoms with Crippen LogP contribution in [0.1, 0.15) is 24.3 Å². The van der Waals surface area contributed by atoms with Crippen LogP contribution < -0.4 is 0 Å². The summed E-state index contributed by atoms with van der Waals surface area (Å²) in [4.78, 5) is 14.2. The number of furan rings is 1. The Bertz CT molecular complexity index is 552. The molecular formula is C15H18N2O2. The lowest BCUT2D eigenvalue weighted by molar-refractivity contribution is -0.134. The van der Waals surface area contributed by atoms with E-state index in [-0.39, 0.29) is 11.8 Å². The highest BCUT2D eigenvalue weighted by atomic mass is 16.3. The van der Waals surface area contributed by atoms with Crippen molar-refractivity contribution in [1.29, 1.82) is 0 Å². The summed E-state index contributed by atoms with van der Waals surface area (Å²) in [6.07, 6.45) is 5.71. The van der Waals surface area contributed by atoms with Gasteiger partial charge in [-0.05, 0) is 37.1 Å². The molecule has 0 aliphatic heterocycles. The van der Waals surface area contributed by atoms with Gasteiger partial charge >= 0.3 is 0 Å². The molecule has 3 rings (SSSR count). The standard InChI is InChI=1S/C15H18N2O2/c1-16-8-2-4-13(16)10-17(15(18)12-6-7-12)11-14-5-3-9-19-14/h2-5,8-9,12H,6-7,10-11H2,1H3. The van der Waals surface area contributed by atoms with Gasteiger partial charge in [-0.15, -0.1) is 0 Å². The fraction of sp³-hybridized carbons (Fsp3) is 0.400. The lowest BCUT2D eigenvalue weighted by Gasteiger charge is -2.22. The van der Waals surface area contributed by atoms with E-state index in [0.29, 0.717) is 13.1 Å². The smallest absolute Gasteiger partial charge is 0.226 e. The molecule has 0 N–H and O–H groups in total. The van der Waals surface area contributed by atoms with Crippen LogP contribution in [-0.2, 0) is 24.9 Å². The van der Waals surface area contributed by atoms with E-state index in [4.69, 9.17) is 4.42 Å². The molecular weight excluding hydrogens is 240 g/mol. The Morgan fingerprint density at radius 3 is 2.79 bits per heavy atom. The Labute approximate surface area is 112 Å². The molecule has 1 aliphatic rings. The molecule has 4 nitrogen and oxygen atoms in total. The second-order valence-corrected chi connectivity index (χ2v) is 5.16. The van der Waals surface area contributed by atoms with Crippen LogP contribution in [-0.4, -0.2) is 15.4 Å². The van der Waals surface area contributed by atoms with Crippen LogP contribution >= 0.6 is 0 Å². The second kappa shape index (κ2) is 4.96. The molecule has 0 spiro atoms. The molecule has 2 aromatic heterocycles. The molecule has 0 unspecified atom stereocenters. The first kappa shape index (κ1) is 12.1. The Kier molecular flexibility index (Phi) is 3.15. The number of aryl methyl sites for hydroxylation is 1. The van der Waals surface area contributed by atoms with Crippen molar-refractivity contribution in [3.63, 3.8) is 0 Å². The first-order valence-electron chi connectivity index (χ1n) is 6.65. The van der Waals surface area contributed by atoms with Gasteiger partial charge in [-0.1, -0.05) is 0 Å². The number of rotatable bonds is 5. The molecule has 0 atom stereocenters. The minimum absolute atomic E-state index is 0.232. The predicted octanol–water partition coefficient (Wildman–Crippen LogP) is 2.56. The third kappa shape index (κ3) is 2.72. The molecule has 1 saturated carbocycles. The molecule has 2 heterocycles. The van der Waals surface area contributed by atoms with Crippen LogP contribution in [0.25, 0.3) is 0 Å². The maximum absolute atomic E-state index is 12.3. The minimum atomic E-state index is 0.232. The predicted molar refractivity (Wildman–Crippen MR) is 71.1 cm³/mol. The summed E-state index contributed by atoms with van der Waals surface area (Å²) >= 11 is 0. The zero-order valence-corrected chi connectivity index (χ0v) is 11.1. The van der Waals surface area contributed by atoms with Crippen LogP contribution in [0.5, 0.6) is 0 Å². The van der Waals surface area contributed by atoms with Crippen molar-refractivity contribution in [2.24, 2.45) is 13.0 Å². The van der Waals surface area contributed by atoms with Crippen molar-refractivity contribution in [3.8, 4) is 0 Å². The highest BCUT2D eigenvalue weighted by Crippen LogP contribution is 2.32. The van der Waals surface area contributed by atoms with Crippen LogP contribution in [0.2, 0.25) is 0 Å². The second-order valence-electron chi connectivity index (χ2n) is 5.16. The maximum atomic E-state index is 12.3. The number of carbonyl (C=O) groups is 1. The molecule has 0 bridgehead atoms. The molecule has 1 amide bonds. The van der Waals surface area contributed by atoms with E-state index in [1.54, 1.807) is 6.26 Å². The molecule has 1 fully saturated rings. The van der Waals surface area contributed by atoms with Gasteiger partial charge in [0.25, 0.3) is 0 Å². The number of amides is 1. The summed E-state index contributed by atoms with van der Waals surface area (Å²) < 4.78 is 7.41. The SMILES string of the molecule is Cn1cccc1CN(Cc1ccco1)C(=O)C1CC1. The number of carbonyl (C=O) groups excluding carboxylic acids is 1. The van der Waals surface area contributed by atoms with Crippen molar-refractivity contribution < 1.29 is 9.21 Å². The van der Waals surface area contributed by atoms with Gasteiger partial charge in [0.05, 0.1) is 19.4 Å². The molecule has 0 saturated heterocycles. The van der Waals surface area contributed by atoms with Crippen molar-refractivity contribution in [3.05, 3.63) is 48.2 Å². The first-order chi connectivity index (χ1) is 9.24. The van der Waals surface area contributed by atoms with Gasteiger partial charge in [-0.3, -0.25) is 4.79 Å². The zero-order valence-electron chi connectivity index (χ0n) is 11.1. The van der Waals surface area contributed by atoms with Gasteiger partial charge < -0.3 is 13.9 Å². The van der Waals surface area contributed by atoms with Crippen molar-refractivity contribution >= 4 is 5.91 Å². The monoisotopic (exact) mass is 258 g/mol. The number of hydrogen-bond acceptors (Lipinski definition) is 2. The fourth-order valence-electron chi connectivity index (χ4n) is 2.25. The third-order valence-electron chi connectivity index (χ3n) is 3.57. The molecule has 1 aliphatic carbocycles. The lowest BCUT2D eigenvalue weighted by atomic mass is 10.3. The largest absolute Gasteiger partial charge is 0.467 e. The van der Waals surface area contributed by atoms with E-state index in [2.05, 4.69) is 10.6 Å². The highest BCUT2D eigenvalue weighted by Gasteiger charge is 2.33. The van der Waals surface area contributed by atoms with Crippen LogP contribution in [0.3, 0.4) is 0 Å². The molecule has 2 aromatic rings. The van der Waals surface area contributed by atoms with Gasteiger partial charge in [0.1, 0.15) is 5.76 Å². The van der Waals surface area contributed by atoms with Crippen molar-refractivity contribution in [1.82, 2.24) is 9.47 Å². The Balaban J connectivity index is 1.75. The molecule has 19 heavy (non-hydrogen) atoms. The summed E-state index contributed by atoms with van der Waals surface area (Å²) in [6, 6.07) is 7.83. The number of aromatic nitrogens is 1. The van der Waals surface area contributed by atoms with Crippen molar-refractivity contribution in [2.45, 2.75) is 25.9 Å². The van der Waals surface area contributed by atoms with E-state index >= 15 is 0 Å². The fourth-order valence-corrected chi connectivity index (χ4v) is 2.25. The van der Waals surface area contributed by atoms with E-state index in [1.807, 2.05) is 36.3 Å². The van der Waals surface area contributed by atoms with Gasteiger partial charge in [-0.25, -0.2) is 0 Å². The van der Waals surface area contributed by atoms with Gasteiger partial charge in [0.2, 0.25) is 5.91 Å². The van der Waals surface area contributed by atoms with Gasteiger partial charge in [0, 0.05) is 24.9 Å². The molecule has 100 valence electrons. The number of hydrogen-bond donors (Lipinski definition) is 0. The quantitative estimate of drug-likeness (QED) is 0.826. The highest BCUT2D eigenvalue weighted by molar-refractivity contribution is 5.80. The van der Waals surface area contributed by atoms with Crippen molar-refractivity contribution in [2.75, 3.05) is 0 Å². The lowest BCUT2D eigenvalue weighted by Crippen LogP contribution is -2.31. The summed E-state index contributed by atoms with van der Waals surface area (Å²) in [6.45, 7) is 1.19. The van der Waals surface area contributed by atoms with Gasteiger partial charge in [-0.2, -0.15) is 0 Å². The van der Waals surface area contributed by atoms with Gasteiger partial charge in [0.15, 0.2) is 0 Å². The summed E-state index contributed by atoms with van der Waals surface area (Å²) in [7, 11) is 2.00. The van der Waals surface area contributed by atoms with Crippen LogP contribution in [0.4, 0.5) is 0 Å². The normalized spacial score (nSPS) is 14.6. The zero-order chi connectivity index (χ0) is 13.2. The van der Waals surface area contributed by atoms with E-state index in [1.165, 1.54) is 0 Å². The van der Waals surface area contributed by atoms with E-state index < -0.39 is 0 Å². The summed E-state index contributed by atoms with van der Waals surface area (Å²) in [5.41, 5.74) is 1.14. The third-order valence-corrected chi connectivity index (χ3v) is 3.57. The summed E-state index contributed by atoms with van der Waals surface area (Å²) in [5.74, 6) is 1.32. The number of nitrogens with zero attached hydrogens (tertiary/aromatic N) is 2. The minimum Gasteiger partial charge on any atom is -0.467 e. The van der Waals surface area contributed by atoms with E-state index in [9.17, 15) is 4.79 Å². The van der Waals surface area contributed by atoms with Crippen LogP contribution in [0.15, 0.2) is 41.1 Å². The Morgan fingerprint density at radius 1 is 1.37 bits per heavy atom. The topological polar surface area (TPSA) is 38.4 Å². The maximum Gasteiger partial charge on any atom is 0.226 e. The Morgan fingerprint density at radius 2 is 2.21 bits per heavy atom.